The minimum Gasteiger partial charge on any atom is -0.426 e. The Morgan fingerprint density at radius 1 is 0.703 bits per heavy atom. The molecule has 396 valence electrons. The van der Waals surface area contributed by atoms with Crippen LogP contribution in [0.25, 0.3) is 0 Å². The molecule has 0 bridgehead atoms. The van der Waals surface area contributed by atoms with Crippen LogP contribution in [0.5, 0.6) is 5.75 Å². The molecule has 2 aliphatic heterocycles. The topological polar surface area (TPSA) is 203 Å². The van der Waals surface area contributed by atoms with Crippen LogP contribution in [0.1, 0.15) is 88.6 Å². The first-order valence-corrected chi connectivity index (χ1v) is 26.8. The Hall–Kier alpha value is -6.32. The zero-order valence-electron chi connectivity index (χ0n) is 43.6. The molecule has 0 spiro atoms. The molecule has 2 aliphatic rings. The SMILES string of the molecule is CC(=O)Oc1ccc(C[N+]2(CC(=O)N[C@@H](CCc3ccccc3)C(=O)N[C@@H](CC(C)C)C(=O)N[C@@H](Cc3ccccc3)C(=O)N[C@@H](CC(C)C)C(=O)[C@@]3(C)CO3)CCOCC2)cc1/C=N/OPCc1ccccc1. The van der Waals surface area contributed by atoms with Crippen molar-refractivity contribution in [2.75, 3.05) is 39.5 Å². The van der Waals surface area contributed by atoms with Crippen molar-refractivity contribution in [3.63, 3.8) is 0 Å². The van der Waals surface area contributed by atoms with E-state index < -0.39 is 53.5 Å². The van der Waals surface area contributed by atoms with E-state index in [2.05, 4.69) is 26.4 Å². The van der Waals surface area contributed by atoms with Crippen LogP contribution in [0, 0.1) is 11.8 Å². The van der Waals surface area contributed by atoms with E-state index >= 15 is 0 Å². The van der Waals surface area contributed by atoms with Gasteiger partial charge in [0.25, 0.3) is 5.91 Å². The lowest BCUT2D eigenvalue weighted by Gasteiger charge is -2.41. The normalized spacial score (nSPS) is 17.8. The lowest BCUT2D eigenvalue weighted by Crippen LogP contribution is -2.61. The van der Waals surface area contributed by atoms with Gasteiger partial charge in [-0.15, -0.1) is 0 Å². The minimum absolute atomic E-state index is 0.0229. The van der Waals surface area contributed by atoms with E-state index in [0.29, 0.717) is 67.6 Å². The molecule has 1 unspecified atom stereocenters. The molecule has 0 radical (unpaired) electrons. The van der Waals surface area contributed by atoms with Gasteiger partial charge in [0.15, 0.2) is 12.3 Å². The summed E-state index contributed by atoms with van der Waals surface area (Å²) < 4.78 is 22.7. The fourth-order valence-corrected chi connectivity index (χ4v) is 9.63. The highest BCUT2D eigenvalue weighted by molar-refractivity contribution is 7.31. The Labute approximate surface area is 437 Å². The fourth-order valence-electron chi connectivity index (χ4n) is 9.04. The van der Waals surface area contributed by atoms with Gasteiger partial charge in [0.2, 0.25) is 17.7 Å². The third kappa shape index (κ3) is 18.3. The molecular formula is C57H74N6O10P+. The summed E-state index contributed by atoms with van der Waals surface area (Å²) in [5, 5.41) is 16.1. The second kappa shape index (κ2) is 27.8. The van der Waals surface area contributed by atoms with Crippen molar-refractivity contribution >= 4 is 50.4 Å². The lowest BCUT2D eigenvalue weighted by molar-refractivity contribution is -0.940. The number of ketones is 1. The Morgan fingerprint density at radius 2 is 1.26 bits per heavy atom. The van der Waals surface area contributed by atoms with Crippen molar-refractivity contribution in [1.29, 1.82) is 0 Å². The molecule has 4 aromatic carbocycles. The average Bonchev–Trinajstić information content (AvgIpc) is 4.13. The van der Waals surface area contributed by atoms with Gasteiger partial charge >= 0.3 is 5.97 Å². The summed E-state index contributed by atoms with van der Waals surface area (Å²) in [6.45, 7) is 13.4. The number of esters is 1. The first kappa shape index (κ1) is 57.0. The molecule has 0 aromatic heterocycles. The number of oxime groups is 1. The third-order valence-electron chi connectivity index (χ3n) is 13.1. The summed E-state index contributed by atoms with van der Waals surface area (Å²) in [7, 11) is 0.0764. The standard InChI is InChI=1S/C57H73N6O10P/c1-39(2)30-48(53(66)57(6)38-71-57)60-56(69)50(33-43-18-12-8-13-19-43)62-55(68)49(31-40(3)4)61-54(67)47(24-22-42-16-10-7-11-17-42)59-52(65)36-63(26-28-70-29-27-63)35-45-23-25-51(72-41(5)64)46(32-45)34-58-73-74-37-44-20-14-9-15-21-44/h7-21,23,25,32,34,39-40,47-50,74H,22,24,26-31,33,35-38H2,1-6H3,(H3-,59,60,61,62,65,67,68,69)/p+1/b58-34+/t47-,48-,49-,50-,57+/m0/s1. The molecule has 2 fully saturated rings. The maximum absolute atomic E-state index is 14.6. The second-order valence-electron chi connectivity index (χ2n) is 20.5. The number of aryl methyl sites for hydroxylation is 1. The van der Waals surface area contributed by atoms with E-state index in [9.17, 15) is 28.8 Å². The van der Waals surface area contributed by atoms with E-state index in [-0.39, 0.29) is 64.7 Å². The van der Waals surface area contributed by atoms with Gasteiger partial charge in [-0.3, -0.25) is 28.8 Å². The van der Waals surface area contributed by atoms with Crippen LogP contribution in [0.4, 0.5) is 0 Å². The van der Waals surface area contributed by atoms with Gasteiger partial charge < -0.3 is 44.6 Å². The molecule has 74 heavy (non-hydrogen) atoms. The molecule has 0 saturated carbocycles. The molecule has 2 heterocycles. The molecule has 4 N–H and O–H groups in total. The largest absolute Gasteiger partial charge is 0.426 e. The van der Waals surface area contributed by atoms with Crippen LogP contribution in [-0.4, -0.2) is 115 Å². The Bertz CT molecular complexity index is 2520. The van der Waals surface area contributed by atoms with Crippen LogP contribution in [0.2, 0.25) is 0 Å². The number of hydrogen-bond donors (Lipinski definition) is 4. The first-order chi connectivity index (χ1) is 35.5. The van der Waals surface area contributed by atoms with Gasteiger partial charge in [0.05, 0.1) is 32.1 Å². The zero-order valence-corrected chi connectivity index (χ0v) is 44.6. The van der Waals surface area contributed by atoms with E-state index in [1.807, 2.05) is 131 Å². The number of nitrogens with one attached hydrogen (secondary N) is 4. The van der Waals surface area contributed by atoms with Gasteiger partial charge in [-0.25, -0.2) is 0 Å². The molecule has 17 heteroatoms. The summed E-state index contributed by atoms with van der Waals surface area (Å²) in [5.41, 5.74) is 3.31. The van der Waals surface area contributed by atoms with Crippen molar-refractivity contribution in [3.8, 4) is 5.75 Å². The van der Waals surface area contributed by atoms with Gasteiger partial charge in [-0.2, -0.15) is 0 Å². The van der Waals surface area contributed by atoms with Gasteiger partial charge in [-0.1, -0.05) is 124 Å². The fraction of sp³-hybridized carbons (Fsp3) is 0.456. The number of nitrogens with zero attached hydrogens (tertiary/aromatic N) is 2. The number of carbonyl (C=O) groups is 6. The van der Waals surface area contributed by atoms with Crippen LogP contribution >= 0.6 is 8.81 Å². The Kier molecular flexibility index (Phi) is 21.4. The van der Waals surface area contributed by atoms with Crippen molar-refractivity contribution in [3.05, 3.63) is 137 Å². The number of quaternary nitrogens is 1. The van der Waals surface area contributed by atoms with E-state index in [4.69, 9.17) is 18.8 Å². The maximum Gasteiger partial charge on any atom is 0.308 e. The average molecular weight is 1030 g/mol. The summed E-state index contributed by atoms with van der Waals surface area (Å²) >= 11 is 0. The van der Waals surface area contributed by atoms with Crippen LogP contribution in [-0.2, 0) is 68.4 Å². The highest BCUT2D eigenvalue weighted by atomic mass is 31.1. The van der Waals surface area contributed by atoms with Crippen molar-refractivity contribution in [2.24, 2.45) is 17.0 Å². The number of hydrogen-bond acceptors (Lipinski definition) is 11. The highest BCUT2D eigenvalue weighted by Crippen LogP contribution is 2.30. The van der Waals surface area contributed by atoms with Crippen molar-refractivity contribution in [2.45, 2.75) is 116 Å². The quantitative estimate of drug-likeness (QED) is 0.00724. The third-order valence-corrected chi connectivity index (χ3v) is 13.9. The smallest absolute Gasteiger partial charge is 0.308 e. The number of morpholine rings is 1. The van der Waals surface area contributed by atoms with Crippen LogP contribution in [0.15, 0.2) is 114 Å². The number of rotatable bonds is 28. The Morgan fingerprint density at radius 3 is 1.86 bits per heavy atom. The summed E-state index contributed by atoms with van der Waals surface area (Å²) in [6.07, 6.45) is 3.67. The van der Waals surface area contributed by atoms with Gasteiger partial charge in [0.1, 0.15) is 57.9 Å². The minimum atomic E-state index is -1.09. The van der Waals surface area contributed by atoms with Gasteiger partial charge in [0, 0.05) is 30.6 Å². The molecule has 4 amide bonds. The summed E-state index contributed by atoms with van der Waals surface area (Å²) in [5.74, 6) is -2.34. The van der Waals surface area contributed by atoms with Crippen LogP contribution in [0.3, 0.4) is 0 Å². The predicted molar refractivity (Wildman–Crippen MR) is 285 cm³/mol. The number of benzene rings is 4. The second-order valence-corrected chi connectivity index (χ2v) is 21.3. The monoisotopic (exact) mass is 1030 g/mol. The maximum atomic E-state index is 14.6. The van der Waals surface area contributed by atoms with Crippen molar-refractivity contribution < 1.29 is 52.1 Å². The molecule has 6 atom stereocenters. The molecule has 0 aliphatic carbocycles. The number of carbonyl (C=O) groups excluding carboxylic acids is 6. The lowest BCUT2D eigenvalue weighted by atomic mass is 9.93. The predicted octanol–water partition coefficient (Wildman–Crippen LogP) is 6.37. The van der Waals surface area contributed by atoms with E-state index in [0.717, 1.165) is 22.3 Å². The first-order valence-electron chi connectivity index (χ1n) is 25.7. The molecular weight excluding hydrogens is 960 g/mol. The highest BCUT2D eigenvalue weighted by Gasteiger charge is 2.50. The molecule has 6 rings (SSSR count). The summed E-state index contributed by atoms with van der Waals surface area (Å²) in [6, 6.07) is 30.3. The van der Waals surface area contributed by atoms with Crippen LogP contribution < -0.4 is 26.0 Å². The van der Waals surface area contributed by atoms with Crippen molar-refractivity contribution in [1.82, 2.24) is 21.3 Å². The molecule has 16 nitrogen and oxygen atoms in total. The number of ether oxygens (including phenoxy) is 3. The number of epoxide rings is 1. The van der Waals surface area contributed by atoms with E-state index in [1.54, 1.807) is 13.0 Å². The number of Topliss-reactive ketones (excluding diaryl/α,β-unsaturated/α-hetero) is 1. The van der Waals surface area contributed by atoms with Gasteiger partial charge in [-0.05, 0) is 79.3 Å². The molecule has 4 aromatic rings. The van der Waals surface area contributed by atoms with E-state index in [1.165, 1.54) is 13.1 Å². The number of amides is 4. The molecule has 2 saturated heterocycles. The Balaban J connectivity index is 1.19. The zero-order chi connectivity index (χ0) is 53.1. The summed E-state index contributed by atoms with van der Waals surface area (Å²) in [4.78, 5) is 83.4.